The molecule has 8 heteroatoms. The summed E-state index contributed by atoms with van der Waals surface area (Å²) in [4.78, 5) is 18.4. The van der Waals surface area contributed by atoms with Crippen LogP contribution in [-0.2, 0) is 20.8 Å². The van der Waals surface area contributed by atoms with E-state index in [-0.39, 0.29) is 30.7 Å². The Labute approximate surface area is 142 Å². The number of morpholine rings is 1. The van der Waals surface area contributed by atoms with Crippen molar-refractivity contribution < 1.29 is 18.8 Å². The second kappa shape index (κ2) is 8.55. The zero-order valence-electron chi connectivity index (χ0n) is 15.1. The molecular weight excluding hydrogens is 312 g/mol. The Kier molecular flexibility index (Phi) is 6.70. The van der Waals surface area contributed by atoms with Gasteiger partial charge in [0.2, 0.25) is 11.8 Å². The molecular formula is C16H28N4O4. The highest BCUT2D eigenvalue weighted by Gasteiger charge is 2.31. The van der Waals surface area contributed by atoms with E-state index in [0.717, 1.165) is 0 Å². The zero-order chi connectivity index (χ0) is 17.7. The van der Waals surface area contributed by atoms with E-state index in [9.17, 15) is 4.79 Å². The van der Waals surface area contributed by atoms with Gasteiger partial charge in [0, 0.05) is 20.2 Å². The fourth-order valence-electron chi connectivity index (χ4n) is 2.44. The maximum Gasteiger partial charge on any atom is 0.246 e. The van der Waals surface area contributed by atoms with Crippen molar-refractivity contribution in [3.63, 3.8) is 0 Å². The molecule has 3 atom stereocenters. The van der Waals surface area contributed by atoms with Crippen LogP contribution in [-0.4, -0.2) is 59.9 Å². The maximum atomic E-state index is 12.5. The van der Waals surface area contributed by atoms with Gasteiger partial charge in [0.1, 0.15) is 12.1 Å². The van der Waals surface area contributed by atoms with Crippen LogP contribution in [0.4, 0.5) is 0 Å². The van der Waals surface area contributed by atoms with Crippen molar-refractivity contribution >= 4 is 5.91 Å². The van der Waals surface area contributed by atoms with Crippen LogP contribution in [0.5, 0.6) is 0 Å². The minimum atomic E-state index is -0.348. The lowest BCUT2D eigenvalue weighted by Gasteiger charge is -2.31. The zero-order valence-corrected chi connectivity index (χ0v) is 15.1. The Morgan fingerprint density at radius 2 is 2.21 bits per heavy atom. The number of nitrogens with zero attached hydrogens (tertiary/aromatic N) is 3. The van der Waals surface area contributed by atoms with E-state index in [0.29, 0.717) is 37.4 Å². The molecule has 8 nitrogen and oxygen atoms in total. The van der Waals surface area contributed by atoms with E-state index in [1.807, 2.05) is 13.8 Å². The Morgan fingerprint density at radius 1 is 1.46 bits per heavy atom. The van der Waals surface area contributed by atoms with Gasteiger partial charge in [-0.05, 0) is 19.8 Å². The minimum absolute atomic E-state index is 0.0499. The van der Waals surface area contributed by atoms with E-state index in [1.165, 1.54) is 0 Å². The number of carbonyl (C=O) groups excluding carboxylic acids is 1. The lowest BCUT2D eigenvalue weighted by atomic mass is 10.1. The van der Waals surface area contributed by atoms with Crippen molar-refractivity contribution in [2.75, 3.05) is 26.8 Å². The third-order valence-corrected chi connectivity index (χ3v) is 3.86. The Balaban J connectivity index is 1.89. The van der Waals surface area contributed by atoms with Gasteiger partial charge in [-0.15, -0.1) is 0 Å². The molecule has 1 aromatic rings. The lowest BCUT2D eigenvalue weighted by molar-refractivity contribution is -0.139. The van der Waals surface area contributed by atoms with Crippen molar-refractivity contribution in [2.45, 2.75) is 52.5 Å². The Bertz CT molecular complexity index is 534. The topological polar surface area (TPSA) is 89.7 Å². The molecule has 136 valence electrons. The number of hydrogen-bond donors (Lipinski definition) is 1. The molecule has 1 N–H and O–H groups in total. The highest BCUT2D eigenvalue weighted by atomic mass is 16.5. The van der Waals surface area contributed by atoms with Gasteiger partial charge < -0.3 is 24.2 Å². The molecule has 1 amide bonds. The van der Waals surface area contributed by atoms with Gasteiger partial charge >= 0.3 is 0 Å². The molecule has 1 saturated heterocycles. The third kappa shape index (κ3) is 4.99. The van der Waals surface area contributed by atoms with Crippen LogP contribution in [0.15, 0.2) is 4.52 Å². The molecule has 1 fully saturated rings. The van der Waals surface area contributed by atoms with Crippen molar-refractivity contribution in [3.8, 4) is 0 Å². The van der Waals surface area contributed by atoms with Crippen molar-refractivity contribution in [1.82, 2.24) is 20.4 Å². The number of carbonyl (C=O) groups is 1. The highest BCUT2D eigenvalue weighted by molar-refractivity contribution is 5.82. The molecule has 1 aliphatic rings. The number of ether oxygens (including phenoxy) is 2. The quantitative estimate of drug-likeness (QED) is 0.796. The van der Waals surface area contributed by atoms with Crippen LogP contribution in [0.2, 0.25) is 0 Å². The first kappa shape index (κ1) is 18.8. The fourth-order valence-corrected chi connectivity index (χ4v) is 2.44. The predicted octanol–water partition coefficient (Wildman–Crippen LogP) is 1.14. The summed E-state index contributed by atoms with van der Waals surface area (Å²) in [5.41, 5.74) is 0. The standard InChI is InChI=1S/C16H28N4O4/c1-10(2)9-23-12(4)15-18-13(24-19-15)8-20(5)16(21)14-11(3)22-7-6-17-14/h10-12,14,17H,6-9H2,1-5H3/t11-,12?,14+/m1/s1. The summed E-state index contributed by atoms with van der Waals surface area (Å²) in [5, 5.41) is 7.13. The third-order valence-electron chi connectivity index (χ3n) is 3.86. The van der Waals surface area contributed by atoms with Gasteiger partial charge in [-0.1, -0.05) is 19.0 Å². The molecule has 24 heavy (non-hydrogen) atoms. The molecule has 0 aromatic carbocycles. The number of aromatic nitrogens is 2. The average molecular weight is 340 g/mol. The minimum Gasteiger partial charge on any atom is -0.375 e. The summed E-state index contributed by atoms with van der Waals surface area (Å²) in [6.07, 6.45) is -0.393. The Hall–Kier alpha value is -1.51. The second-order valence-corrected chi connectivity index (χ2v) is 6.62. The van der Waals surface area contributed by atoms with Crippen molar-refractivity contribution in [2.24, 2.45) is 5.92 Å². The number of likely N-dealkylation sites (N-methyl/N-ethyl adjacent to an activating group) is 1. The molecule has 0 saturated carbocycles. The lowest BCUT2D eigenvalue weighted by Crippen LogP contribution is -2.55. The van der Waals surface area contributed by atoms with Crippen molar-refractivity contribution in [3.05, 3.63) is 11.7 Å². The molecule has 0 aliphatic carbocycles. The van der Waals surface area contributed by atoms with Gasteiger partial charge in [-0.3, -0.25) is 4.79 Å². The smallest absolute Gasteiger partial charge is 0.246 e. The fraction of sp³-hybridized carbons (Fsp3) is 0.812. The summed E-state index contributed by atoms with van der Waals surface area (Å²) >= 11 is 0. The summed E-state index contributed by atoms with van der Waals surface area (Å²) in [6.45, 7) is 10.1. The van der Waals surface area contributed by atoms with E-state index in [1.54, 1.807) is 11.9 Å². The number of rotatable bonds is 7. The molecule has 1 aromatic heterocycles. The number of nitrogens with one attached hydrogen (secondary N) is 1. The molecule has 0 bridgehead atoms. The monoisotopic (exact) mass is 340 g/mol. The molecule has 2 heterocycles. The van der Waals surface area contributed by atoms with Crippen LogP contribution in [0.3, 0.4) is 0 Å². The first-order chi connectivity index (χ1) is 11.4. The number of amides is 1. The van der Waals surface area contributed by atoms with E-state index in [4.69, 9.17) is 14.0 Å². The summed E-state index contributed by atoms with van der Waals surface area (Å²) in [7, 11) is 1.72. The maximum absolute atomic E-state index is 12.5. The molecule has 0 spiro atoms. The second-order valence-electron chi connectivity index (χ2n) is 6.62. The first-order valence-corrected chi connectivity index (χ1v) is 8.42. The van der Waals surface area contributed by atoms with E-state index >= 15 is 0 Å². The predicted molar refractivity (Wildman–Crippen MR) is 87.2 cm³/mol. The SMILES string of the molecule is CC(C)COC(C)c1noc(CN(C)C(=O)[C@H]2NCCO[C@@H]2C)n1. The van der Waals surface area contributed by atoms with Gasteiger partial charge in [0.05, 0.1) is 19.3 Å². The first-order valence-electron chi connectivity index (χ1n) is 8.42. The van der Waals surface area contributed by atoms with Crippen LogP contribution in [0.25, 0.3) is 0 Å². The van der Waals surface area contributed by atoms with E-state index in [2.05, 4.69) is 29.3 Å². The molecule has 1 unspecified atom stereocenters. The molecule has 1 aliphatic heterocycles. The average Bonchev–Trinajstić information content (AvgIpc) is 3.01. The Morgan fingerprint density at radius 3 is 2.88 bits per heavy atom. The van der Waals surface area contributed by atoms with Gasteiger partial charge in [0.25, 0.3) is 0 Å². The summed E-state index contributed by atoms with van der Waals surface area (Å²) < 4.78 is 16.4. The van der Waals surface area contributed by atoms with Crippen molar-refractivity contribution in [1.29, 1.82) is 0 Å². The van der Waals surface area contributed by atoms with Gasteiger partial charge in [0.15, 0.2) is 5.82 Å². The largest absolute Gasteiger partial charge is 0.375 e. The normalized spacial score (nSPS) is 22.6. The van der Waals surface area contributed by atoms with Crippen LogP contribution in [0, 0.1) is 5.92 Å². The summed E-state index contributed by atoms with van der Waals surface area (Å²) in [5.74, 6) is 1.28. The van der Waals surface area contributed by atoms with E-state index < -0.39 is 0 Å². The van der Waals surface area contributed by atoms with Crippen LogP contribution < -0.4 is 5.32 Å². The molecule has 0 radical (unpaired) electrons. The van der Waals surface area contributed by atoms with Gasteiger partial charge in [-0.2, -0.15) is 4.98 Å². The molecule has 2 rings (SSSR count). The van der Waals surface area contributed by atoms with Gasteiger partial charge in [-0.25, -0.2) is 0 Å². The number of hydrogen-bond acceptors (Lipinski definition) is 7. The highest BCUT2D eigenvalue weighted by Crippen LogP contribution is 2.15. The summed E-state index contributed by atoms with van der Waals surface area (Å²) in [6, 6.07) is -0.348. The van der Waals surface area contributed by atoms with Crippen LogP contribution in [0.1, 0.15) is 45.5 Å². The van der Waals surface area contributed by atoms with Crippen LogP contribution >= 0.6 is 0 Å².